The van der Waals surface area contributed by atoms with Gasteiger partial charge in [0, 0.05) is 12.6 Å². The van der Waals surface area contributed by atoms with Crippen LogP contribution in [-0.2, 0) is 13.0 Å². The van der Waals surface area contributed by atoms with E-state index in [4.69, 9.17) is 23.2 Å². The molecule has 1 saturated heterocycles. The molecular weight excluding hydrogens is 361 g/mol. The normalized spacial score (nSPS) is 26.9. The fourth-order valence-electron chi connectivity index (χ4n) is 3.50. The summed E-state index contributed by atoms with van der Waals surface area (Å²) in [7, 11) is 0. The minimum Gasteiger partial charge on any atom is -0.395 e. The van der Waals surface area contributed by atoms with Crippen molar-refractivity contribution in [2.24, 2.45) is 0 Å². The molecule has 0 amide bonds. The minimum absolute atomic E-state index is 0.248. The second-order valence-corrected chi connectivity index (χ2v) is 7.16. The zero-order valence-electron chi connectivity index (χ0n) is 13.6. The largest absolute Gasteiger partial charge is 0.395 e. The zero-order chi connectivity index (χ0) is 18.0. The lowest BCUT2D eigenvalue weighted by molar-refractivity contribution is 0.0178. The molecule has 134 valence electrons. The lowest BCUT2D eigenvalue weighted by Gasteiger charge is -2.30. The van der Waals surface area contributed by atoms with E-state index in [0.717, 1.165) is 11.1 Å². The summed E-state index contributed by atoms with van der Waals surface area (Å²) >= 11 is 12.4. The maximum absolute atomic E-state index is 10.5. The first kappa shape index (κ1) is 18.6. The van der Waals surface area contributed by atoms with E-state index in [0.29, 0.717) is 23.0 Å². The van der Waals surface area contributed by atoms with Gasteiger partial charge < -0.3 is 15.3 Å². The average Bonchev–Trinajstić information content (AvgIpc) is 2.84. The summed E-state index contributed by atoms with van der Waals surface area (Å²) in [5, 5.41) is 31.5. The lowest BCUT2D eigenvalue weighted by atomic mass is 10.0. The highest BCUT2D eigenvalue weighted by atomic mass is 35.5. The van der Waals surface area contributed by atoms with Gasteiger partial charge in [-0.25, -0.2) is 0 Å². The summed E-state index contributed by atoms with van der Waals surface area (Å²) in [6, 6.07) is 14.3. The quantitative estimate of drug-likeness (QED) is 0.744. The maximum atomic E-state index is 10.5. The van der Waals surface area contributed by atoms with Crippen molar-refractivity contribution in [3.05, 3.63) is 69.7 Å². The molecule has 6 heteroatoms. The number of benzene rings is 2. The van der Waals surface area contributed by atoms with Crippen LogP contribution in [0.25, 0.3) is 0 Å². The monoisotopic (exact) mass is 381 g/mol. The van der Waals surface area contributed by atoms with Gasteiger partial charge in [-0.1, -0.05) is 65.7 Å². The molecular formula is C19H21Cl2NO3. The van der Waals surface area contributed by atoms with E-state index in [2.05, 4.69) is 0 Å². The van der Waals surface area contributed by atoms with Gasteiger partial charge in [-0.15, -0.1) is 0 Å². The van der Waals surface area contributed by atoms with Gasteiger partial charge in [0.2, 0.25) is 0 Å². The number of rotatable bonds is 5. The highest BCUT2D eigenvalue weighted by molar-refractivity contribution is 6.42. The third-order valence-electron chi connectivity index (χ3n) is 4.85. The van der Waals surface area contributed by atoms with Crippen LogP contribution >= 0.6 is 23.2 Å². The van der Waals surface area contributed by atoms with E-state index < -0.39 is 18.2 Å². The summed E-state index contributed by atoms with van der Waals surface area (Å²) in [5.41, 5.74) is 1.85. The molecule has 1 aliphatic rings. The molecule has 0 radical (unpaired) electrons. The third-order valence-corrected chi connectivity index (χ3v) is 5.71. The summed E-state index contributed by atoms with van der Waals surface area (Å²) in [6.45, 7) is 0.137. The predicted molar refractivity (Wildman–Crippen MR) is 98.8 cm³/mol. The first-order chi connectivity index (χ1) is 12.0. The summed E-state index contributed by atoms with van der Waals surface area (Å²) in [5.74, 6) is 0. The molecule has 1 fully saturated rings. The molecule has 2 aromatic rings. The fourth-order valence-corrected chi connectivity index (χ4v) is 3.88. The predicted octanol–water partition coefficient (Wildman–Crippen LogP) is 2.50. The molecule has 0 spiro atoms. The number of halogens is 2. The molecule has 3 N–H and O–H groups in total. The van der Waals surface area contributed by atoms with Crippen LogP contribution in [0.4, 0.5) is 0 Å². The van der Waals surface area contributed by atoms with Crippen LogP contribution in [-0.4, -0.2) is 51.1 Å². The highest BCUT2D eigenvalue weighted by Gasteiger charge is 2.47. The molecule has 3 rings (SSSR count). The van der Waals surface area contributed by atoms with Crippen molar-refractivity contribution in [3.8, 4) is 0 Å². The molecule has 0 saturated carbocycles. The van der Waals surface area contributed by atoms with E-state index in [1.54, 1.807) is 6.07 Å². The van der Waals surface area contributed by atoms with Crippen molar-refractivity contribution in [2.75, 3.05) is 6.61 Å². The Morgan fingerprint density at radius 1 is 0.880 bits per heavy atom. The Morgan fingerprint density at radius 3 is 2.24 bits per heavy atom. The van der Waals surface area contributed by atoms with Gasteiger partial charge >= 0.3 is 0 Å². The van der Waals surface area contributed by atoms with Crippen LogP contribution in [0.2, 0.25) is 10.0 Å². The molecule has 1 aliphatic heterocycles. The van der Waals surface area contributed by atoms with E-state index in [-0.39, 0.29) is 12.6 Å². The zero-order valence-corrected chi connectivity index (χ0v) is 15.1. The Hall–Kier alpha value is -1.14. The van der Waals surface area contributed by atoms with Crippen molar-refractivity contribution in [2.45, 2.75) is 37.3 Å². The molecule has 0 bridgehead atoms. The van der Waals surface area contributed by atoms with E-state index >= 15 is 0 Å². The van der Waals surface area contributed by atoms with Crippen molar-refractivity contribution in [1.82, 2.24) is 4.90 Å². The number of hydrogen-bond donors (Lipinski definition) is 3. The van der Waals surface area contributed by atoms with Crippen LogP contribution in [0.15, 0.2) is 48.5 Å². The smallest absolute Gasteiger partial charge is 0.0991 e. The SMILES string of the molecule is OC[C@@H]1[C@@H](O)[C@@H](O)[C@H](Cc2ccccc2)N1Cc1cccc(Cl)c1Cl. The van der Waals surface area contributed by atoms with E-state index in [1.807, 2.05) is 47.4 Å². The molecule has 25 heavy (non-hydrogen) atoms. The van der Waals surface area contributed by atoms with Gasteiger partial charge in [0.25, 0.3) is 0 Å². The Kier molecular flexibility index (Phi) is 6.00. The lowest BCUT2D eigenvalue weighted by Crippen LogP contribution is -2.41. The molecule has 2 aromatic carbocycles. The fraction of sp³-hybridized carbons (Fsp3) is 0.368. The third kappa shape index (κ3) is 3.85. The highest BCUT2D eigenvalue weighted by Crippen LogP contribution is 2.33. The Morgan fingerprint density at radius 2 is 1.56 bits per heavy atom. The maximum Gasteiger partial charge on any atom is 0.0991 e. The van der Waals surface area contributed by atoms with Crippen LogP contribution in [0.1, 0.15) is 11.1 Å². The van der Waals surface area contributed by atoms with Crippen LogP contribution < -0.4 is 0 Å². The summed E-state index contributed by atoms with van der Waals surface area (Å²) in [6.07, 6.45) is -1.40. The molecule has 4 atom stereocenters. The molecule has 0 unspecified atom stereocenters. The average molecular weight is 382 g/mol. The van der Waals surface area contributed by atoms with Crippen LogP contribution in [0.3, 0.4) is 0 Å². The molecule has 4 nitrogen and oxygen atoms in total. The van der Waals surface area contributed by atoms with Crippen molar-refractivity contribution < 1.29 is 15.3 Å². The first-order valence-electron chi connectivity index (χ1n) is 8.22. The number of aliphatic hydroxyl groups excluding tert-OH is 3. The second-order valence-electron chi connectivity index (χ2n) is 6.37. The second kappa shape index (κ2) is 8.04. The minimum atomic E-state index is -1.02. The van der Waals surface area contributed by atoms with E-state index in [1.165, 1.54) is 0 Å². The van der Waals surface area contributed by atoms with Gasteiger partial charge in [0.1, 0.15) is 0 Å². The summed E-state index contributed by atoms with van der Waals surface area (Å²) in [4.78, 5) is 1.92. The number of aliphatic hydroxyl groups is 3. The Balaban J connectivity index is 1.89. The topological polar surface area (TPSA) is 63.9 Å². The summed E-state index contributed by atoms with van der Waals surface area (Å²) < 4.78 is 0. The molecule has 1 heterocycles. The van der Waals surface area contributed by atoms with Gasteiger partial charge in [0.05, 0.1) is 34.9 Å². The standard InChI is InChI=1S/C19H21Cl2NO3/c20-14-8-4-7-13(17(14)21)10-22-15(9-12-5-2-1-3-6-12)18(24)19(25)16(22)11-23/h1-8,15-16,18-19,23-25H,9-11H2/t15-,16+,18-,19+/m0/s1. The first-order valence-corrected chi connectivity index (χ1v) is 8.98. The van der Waals surface area contributed by atoms with Gasteiger partial charge in [-0.3, -0.25) is 4.90 Å². The van der Waals surface area contributed by atoms with Crippen LogP contribution in [0, 0.1) is 0 Å². The van der Waals surface area contributed by atoms with Gasteiger partial charge in [0.15, 0.2) is 0 Å². The number of nitrogens with zero attached hydrogens (tertiary/aromatic N) is 1. The van der Waals surface area contributed by atoms with Crippen molar-refractivity contribution in [1.29, 1.82) is 0 Å². The van der Waals surface area contributed by atoms with Crippen LogP contribution in [0.5, 0.6) is 0 Å². The van der Waals surface area contributed by atoms with Crippen molar-refractivity contribution in [3.63, 3.8) is 0 Å². The molecule has 0 aromatic heterocycles. The van der Waals surface area contributed by atoms with Crippen molar-refractivity contribution >= 4 is 23.2 Å². The Labute approximate surface area is 157 Å². The number of likely N-dealkylation sites (tertiary alicyclic amines) is 1. The van der Waals surface area contributed by atoms with E-state index in [9.17, 15) is 15.3 Å². The van der Waals surface area contributed by atoms with Gasteiger partial charge in [-0.05, 0) is 23.6 Å². The number of hydrogen-bond acceptors (Lipinski definition) is 4. The van der Waals surface area contributed by atoms with Gasteiger partial charge in [-0.2, -0.15) is 0 Å². The molecule has 0 aliphatic carbocycles. The Bertz CT molecular complexity index is 713.